The number of rotatable bonds is 5. The molecule has 0 bridgehead atoms. The number of hydrogen-bond donors (Lipinski definition) is 2. The van der Waals surface area contributed by atoms with Gasteiger partial charge in [-0.15, -0.1) is 11.3 Å². The lowest BCUT2D eigenvalue weighted by molar-refractivity contribution is -0.119. The Hall–Kier alpha value is -3.17. The lowest BCUT2D eigenvalue weighted by atomic mass is 10.2. The van der Waals surface area contributed by atoms with Crippen molar-refractivity contribution in [1.82, 2.24) is 20.8 Å². The summed E-state index contributed by atoms with van der Waals surface area (Å²) < 4.78 is 4.96. The Morgan fingerprint density at radius 3 is 2.71 bits per heavy atom. The fourth-order valence-electron chi connectivity index (χ4n) is 2.46. The summed E-state index contributed by atoms with van der Waals surface area (Å²) in [6, 6.07) is 15.2. The summed E-state index contributed by atoms with van der Waals surface area (Å²) in [5.41, 5.74) is 5.78. The van der Waals surface area contributed by atoms with Crippen LogP contribution in [0.25, 0.3) is 20.7 Å². The summed E-state index contributed by atoms with van der Waals surface area (Å²) in [6.45, 7) is 0. The zero-order valence-electron chi connectivity index (χ0n) is 14.4. The minimum atomic E-state index is -0.516. The van der Waals surface area contributed by atoms with Gasteiger partial charge in [0.2, 0.25) is 5.91 Å². The fourth-order valence-corrected chi connectivity index (χ4v) is 4.30. The Kier molecular flexibility index (Phi) is 5.36. The SMILES string of the molecule is O=C(CSc1ncnc2sc(-c3ccccc3)cc12)NNC(=O)c1ccco1. The molecule has 3 aromatic heterocycles. The van der Waals surface area contributed by atoms with Crippen LogP contribution in [0.5, 0.6) is 0 Å². The third-order valence-corrected chi connectivity index (χ3v) is 5.85. The van der Waals surface area contributed by atoms with Crippen LogP contribution in [0.3, 0.4) is 0 Å². The maximum Gasteiger partial charge on any atom is 0.305 e. The molecule has 0 aliphatic carbocycles. The number of furan rings is 1. The van der Waals surface area contributed by atoms with Crippen molar-refractivity contribution in [3.63, 3.8) is 0 Å². The van der Waals surface area contributed by atoms with E-state index < -0.39 is 5.91 Å². The predicted octanol–water partition coefficient (Wildman–Crippen LogP) is 3.50. The number of carbonyl (C=O) groups is 2. The highest BCUT2D eigenvalue weighted by atomic mass is 32.2. The zero-order chi connectivity index (χ0) is 19.3. The molecule has 0 aliphatic heterocycles. The van der Waals surface area contributed by atoms with E-state index in [2.05, 4.69) is 20.8 Å². The Balaban J connectivity index is 1.41. The molecule has 0 atom stereocenters. The molecular weight excluding hydrogens is 396 g/mol. The first kappa shape index (κ1) is 18.2. The molecule has 0 fully saturated rings. The number of thiophene rings is 1. The number of amides is 2. The van der Waals surface area contributed by atoms with E-state index in [4.69, 9.17) is 4.42 Å². The van der Waals surface area contributed by atoms with Gasteiger partial charge in [0.15, 0.2) is 5.76 Å². The summed E-state index contributed by atoms with van der Waals surface area (Å²) in [5.74, 6) is -0.647. The van der Waals surface area contributed by atoms with Gasteiger partial charge < -0.3 is 4.42 Å². The second-order valence-corrected chi connectivity index (χ2v) is 7.64. The predicted molar refractivity (Wildman–Crippen MR) is 108 cm³/mol. The van der Waals surface area contributed by atoms with Crippen LogP contribution in [0.2, 0.25) is 0 Å². The molecule has 28 heavy (non-hydrogen) atoms. The maximum atomic E-state index is 12.0. The lowest BCUT2D eigenvalue weighted by Gasteiger charge is -2.05. The Morgan fingerprint density at radius 2 is 1.93 bits per heavy atom. The summed E-state index contributed by atoms with van der Waals surface area (Å²) in [5, 5.41) is 1.62. The maximum absolute atomic E-state index is 12.0. The van der Waals surface area contributed by atoms with E-state index in [9.17, 15) is 9.59 Å². The van der Waals surface area contributed by atoms with Crippen molar-refractivity contribution in [2.75, 3.05) is 5.75 Å². The van der Waals surface area contributed by atoms with Crippen LogP contribution in [-0.2, 0) is 4.79 Å². The molecule has 140 valence electrons. The number of aromatic nitrogens is 2. The van der Waals surface area contributed by atoms with Gasteiger partial charge in [-0.1, -0.05) is 42.1 Å². The largest absolute Gasteiger partial charge is 0.459 e. The lowest BCUT2D eigenvalue weighted by Crippen LogP contribution is -2.42. The topological polar surface area (TPSA) is 97.1 Å². The third-order valence-electron chi connectivity index (χ3n) is 3.75. The number of nitrogens with zero attached hydrogens (tertiary/aromatic N) is 2. The van der Waals surface area contributed by atoms with Crippen LogP contribution in [0.4, 0.5) is 0 Å². The summed E-state index contributed by atoms with van der Waals surface area (Å²) in [4.78, 5) is 34.4. The van der Waals surface area contributed by atoms with Gasteiger partial charge in [-0.05, 0) is 23.8 Å². The minimum absolute atomic E-state index is 0.0983. The van der Waals surface area contributed by atoms with Crippen LogP contribution in [0.15, 0.2) is 70.6 Å². The summed E-state index contributed by atoms with van der Waals surface area (Å²) in [7, 11) is 0. The van der Waals surface area contributed by atoms with E-state index in [1.165, 1.54) is 30.4 Å². The number of nitrogens with one attached hydrogen (secondary N) is 2. The number of fused-ring (bicyclic) bond motifs is 1. The molecule has 0 aliphatic rings. The standard InChI is InChI=1S/C19H14N4O3S2/c24-16(22-23-17(25)14-7-4-8-26-14)10-27-18-13-9-15(12-5-2-1-3-6-12)28-19(13)21-11-20-18/h1-9,11H,10H2,(H,22,24)(H,23,25). The monoisotopic (exact) mass is 410 g/mol. The normalized spacial score (nSPS) is 10.7. The van der Waals surface area contributed by atoms with Crippen molar-refractivity contribution in [2.45, 2.75) is 5.03 Å². The van der Waals surface area contributed by atoms with E-state index in [-0.39, 0.29) is 17.4 Å². The number of carbonyl (C=O) groups excluding carboxylic acids is 2. The van der Waals surface area contributed by atoms with Gasteiger partial charge in [0, 0.05) is 10.3 Å². The van der Waals surface area contributed by atoms with Gasteiger partial charge in [-0.25, -0.2) is 9.97 Å². The number of thioether (sulfide) groups is 1. The molecule has 4 aromatic rings. The van der Waals surface area contributed by atoms with Gasteiger partial charge in [-0.3, -0.25) is 20.4 Å². The minimum Gasteiger partial charge on any atom is -0.459 e. The smallest absolute Gasteiger partial charge is 0.305 e. The van der Waals surface area contributed by atoms with E-state index in [0.717, 1.165) is 25.7 Å². The van der Waals surface area contributed by atoms with Crippen LogP contribution >= 0.6 is 23.1 Å². The van der Waals surface area contributed by atoms with E-state index in [1.807, 2.05) is 36.4 Å². The molecule has 0 saturated carbocycles. The van der Waals surface area contributed by atoms with Crippen LogP contribution < -0.4 is 10.9 Å². The molecule has 0 unspecified atom stereocenters. The fraction of sp³-hybridized carbons (Fsp3) is 0.0526. The van der Waals surface area contributed by atoms with Crippen molar-refractivity contribution in [2.24, 2.45) is 0 Å². The first-order valence-electron chi connectivity index (χ1n) is 8.26. The van der Waals surface area contributed by atoms with Crippen LogP contribution in [0.1, 0.15) is 10.6 Å². The van der Waals surface area contributed by atoms with E-state index >= 15 is 0 Å². The third kappa shape index (κ3) is 4.05. The molecule has 2 N–H and O–H groups in total. The molecule has 1 aromatic carbocycles. The van der Waals surface area contributed by atoms with Gasteiger partial charge in [0.05, 0.1) is 12.0 Å². The molecule has 2 amide bonds. The van der Waals surface area contributed by atoms with Crippen molar-refractivity contribution in [3.05, 3.63) is 66.9 Å². The van der Waals surface area contributed by atoms with Crippen molar-refractivity contribution >= 4 is 45.1 Å². The average Bonchev–Trinajstić information content (AvgIpc) is 3.41. The highest BCUT2D eigenvalue weighted by Gasteiger charge is 2.13. The Bertz CT molecular complexity index is 1110. The quantitative estimate of drug-likeness (QED) is 0.297. The van der Waals surface area contributed by atoms with Gasteiger partial charge in [0.1, 0.15) is 16.2 Å². The molecule has 0 saturated heterocycles. The molecule has 4 rings (SSSR count). The molecule has 0 radical (unpaired) electrons. The highest BCUT2D eigenvalue weighted by Crippen LogP contribution is 2.35. The highest BCUT2D eigenvalue weighted by molar-refractivity contribution is 8.00. The van der Waals surface area contributed by atoms with Gasteiger partial charge >= 0.3 is 5.91 Å². The molecule has 7 nitrogen and oxygen atoms in total. The second kappa shape index (κ2) is 8.24. The molecule has 3 heterocycles. The van der Waals surface area contributed by atoms with E-state index in [0.29, 0.717) is 0 Å². The average molecular weight is 410 g/mol. The molecule has 9 heteroatoms. The number of hydrogen-bond acceptors (Lipinski definition) is 7. The van der Waals surface area contributed by atoms with Crippen LogP contribution in [0, 0.1) is 0 Å². The van der Waals surface area contributed by atoms with Crippen molar-refractivity contribution in [3.8, 4) is 10.4 Å². The Labute approximate surface area is 168 Å². The number of benzene rings is 1. The molecule has 0 spiro atoms. The molecular formula is C19H14N4O3S2. The zero-order valence-corrected chi connectivity index (χ0v) is 16.0. The van der Waals surface area contributed by atoms with Crippen LogP contribution in [-0.4, -0.2) is 27.5 Å². The first-order chi connectivity index (χ1) is 13.7. The van der Waals surface area contributed by atoms with Crippen molar-refractivity contribution in [1.29, 1.82) is 0 Å². The van der Waals surface area contributed by atoms with E-state index in [1.54, 1.807) is 17.4 Å². The number of hydrazine groups is 1. The van der Waals surface area contributed by atoms with Gasteiger partial charge in [0.25, 0.3) is 0 Å². The summed E-state index contributed by atoms with van der Waals surface area (Å²) in [6.07, 6.45) is 2.88. The van der Waals surface area contributed by atoms with Gasteiger partial charge in [-0.2, -0.15) is 0 Å². The van der Waals surface area contributed by atoms with Crippen molar-refractivity contribution < 1.29 is 14.0 Å². The summed E-state index contributed by atoms with van der Waals surface area (Å²) >= 11 is 2.86. The first-order valence-corrected chi connectivity index (χ1v) is 10.1. The Morgan fingerprint density at radius 1 is 1.07 bits per heavy atom. The second-order valence-electron chi connectivity index (χ2n) is 5.64.